The third-order valence-electron chi connectivity index (χ3n) is 0. The van der Waals surface area contributed by atoms with E-state index < -0.39 is 0 Å². The molecule has 0 saturated heterocycles. The van der Waals surface area contributed by atoms with Crippen molar-refractivity contribution in [2.24, 2.45) is 0 Å². The van der Waals surface area contributed by atoms with Gasteiger partial charge in [-0.1, -0.05) is 0 Å². The maximum atomic E-state index is 0. The zero-order valence-corrected chi connectivity index (χ0v) is 13.5. The van der Waals surface area contributed by atoms with Gasteiger partial charge in [-0.15, -0.1) is 0 Å². The third kappa shape index (κ3) is 44.0. The van der Waals surface area contributed by atoms with E-state index in [0.29, 0.717) is 0 Å². The maximum Gasteiger partial charge on any atom is 3.00 e. The fraction of sp³-hybridized carbons (Fsp3) is 0. The normalized spacial score (nSPS) is 0. The minimum Gasteiger partial charge on any atom is -2.00 e. The maximum absolute atomic E-state index is 0. The second kappa shape index (κ2) is 56.6. The Labute approximate surface area is 104 Å². The third-order valence-corrected chi connectivity index (χ3v) is 0. The average Bonchev–Trinajstić information content (AvgIpc) is 0. The fourth-order valence-electron chi connectivity index (χ4n) is 0. The van der Waals surface area contributed by atoms with Gasteiger partial charge in [0.15, 0.2) is 0 Å². The van der Waals surface area contributed by atoms with Gasteiger partial charge in [-0.25, -0.2) is 0 Å². The smallest absolute Gasteiger partial charge is 2.00 e. The van der Waals surface area contributed by atoms with Gasteiger partial charge in [0.1, 0.15) is 0 Å². The van der Waals surface area contributed by atoms with Crippen LogP contribution in [0.3, 0.4) is 0 Å². The summed E-state index contributed by atoms with van der Waals surface area (Å²) in [6.45, 7) is 0. The van der Waals surface area contributed by atoms with Crippen molar-refractivity contribution in [2.45, 2.75) is 0 Å². The van der Waals surface area contributed by atoms with Gasteiger partial charge in [-0.2, -0.15) is 19.8 Å². The Hall–Kier alpha value is 3.46. The zero-order valence-electron chi connectivity index (χ0n) is 3.35. The second-order valence-corrected chi connectivity index (χ2v) is 0. The van der Waals surface area contributed by atoms with Gasteiger partial charge in [0.05, 0.1) is 0 Å². The van der Waals surface area contributed by atoms with Gasteiger partial charge in [0.2, 0.25) is 0 Å². The zero-order chi connectivity index (χ0) is 0. The molecule has 0 aliphatic rings. The van der Waals surface area contributed by atoms with Crippen LogP contribution in [-0.4, -0.2) is 51.2 Å². The van der Waals surface area contributed by atoms with Crippen LogP contribution in [0.4, 0.5) is 0 Å². The summed E-state index contributed by atoms with van der Waals surface area (Å²) in [6, 6.07) is 0. The largest absolute Gasteiger partial charge is 3.00 e. The van der Waals surface area contributed by atoms with Gasteiger partial charge in [0.25, 0.3) is 0 Å². The molecule has 7 heavy (non-hydrogen) atoms. The predicted molar refractivity (Wildman–Crippen MR) is 39.5 cm³/mol. The molecule has 2 unspecified atom stereocenters. The van der Waals surface area contributed by atoms with Crippen LogP contribution < -0.4 is 0 Å². The predicted octanol–water partition coefficient (Wildman–Crippen LogP) is -1.03. The van der Waals surface area contributed by atoms with Crippen LogP contribution in [0, 0.1) is 0 Å². The molecule has 0 amide bonds. The molecule has 0 aromatic rings. The Kier molecular flexibility index (Phi) is 633. The fourth-order valence-corrected chi connectivity index (χ4v) is 0. The molecule has 0 heterocycles. The van der Waals surface area contributed by atoms with E-state index in [4.69, 9.17) is 0 Å². The van der Waals surface area contributed by atoms with Crippen LogP contribution >= 0.6 is 19.8 Å². The minimum atomic E-state index is 0. The Bertz CT molecular complexity index is 10.9. The van der Waals surface area contributed by atoms with Crippen molar-refractivity contribution in [3.8, 4) is 0 Å². The first-order valence-corrected chi connectivity index (χ1v) is 0. The molecule has 7 heteroatoms. The van der Waals surface area contributed by atoms with Crippen molar-refractivity contribution in [1.29, 1.82) is 0 Å². The molecule has 0 aliphatic heterocycles. The summed E-state index contributed by atoms with van der Waals surface area (Å²) in [7, 11) is 0. The standard InChI is InChI=1S/2Fe.2H3P.3Se/h;;2*1H3;;;/q2*+3;;;3*-2. The van der Waals surface area contributed by atoms with Crippen LogP contribution in [0.5, 0.6) is 0 Å². The van der Waals surface area contributed by atoms with Crippen LogP contribution in [0.1, 0.15) is 0 Å². The molecular weight excluding hydrogens is 411 g/mol. The number of hydrogen-bond donors (Lipinski definition) is 0. The van der Waals surface area contributed by atoms with Crippen LogP contribution in [0.15, 0.2) is 0 Å². The number of hydrogen-bond acceptors (Lipinski definition) is 0. The molecule has 0 aromatic carbocycles. The van der Waals surface area contributed by atoms with Crippen molar-refractivity contribution in [1.82, 2.24) is 0 Å². The first-order valence-electron chi connectivity index (χ1n) is 0. The van der Waals surface area contributed by atoms with E-state index in [1.807, 2.05) is 0 Å². The van der Waals surface area contributed by atoms with Crippen LogP contribution in [-0.2, 0) is 34.1 Å². The molecule has 2 atom stereocenters. The Morgan fingerprint density at radius 1 is 0.429 bits per heavy atom. The van der Waals surface area contributed by atoms with Crippen molar-refractivity contribution >= 4 is 71.0 Å². The van der Waals surface area contributed by atoms with Gasteiger partial charge < -0.3 is 51.2 Å². The molecule has 0 aliphatic carbocycles. The van der Waals surface area contributed by atoms with Crippen LogP contribution in [0.25, 0.3) is 0 Å². The topological polar surface area (TPSA) is 0 Å². The molecule has 0 bridgehead atoms. The van der Waals surface area contributed by atoms with Gasteiger partial charge in [0, 0.05) is 0 Å². The molecule has 0 nitrogen and oxygen atoms in total. The Morgan fingerprint density at radius 2 is 0.429 bits per heavy atom. The molecular formula is H6Fe2P2Se3. The molecule has 0 saturated carbocycles. The van der Waals surface area contributed by atoms with E-state index in [1.54, 1.807) is 0 Å². The molecule has 0 aromatic heterocycles. The Morgan fingerprint density at radius 3 is 0.429 bits per heavy atom. The first kappa shape index (κ1) is 78.2. The van der Waals surface area contributed by atoms with E-state index in [1.165, 1.54) is 0 Å². The summed E-state index contributed by atoms with van der Waals surface area (Å²) in [5.41, 5.74) is 0. The average molecular weight is 417 g/mol. The summed E-state index contributed by atoms with van der Waals surface area (Å²) in [6.07, 6.45) is 0. The van der Waals surface area contributed by atoms with Gasteiger partial charge >= 0.3 is 34.1 Å². The van der Waals surface area contributed by atoms with Crippen molar-refractivity contribution in [3.63, 3.8) is 0 Å². The summed E-state index contributed by atoms with van der Waals surface area (Å²) in [4.78, 5) is 0. The van der Waals surface area contributed by atoms with Crippen LogP contribution in [0.2, 0.25) is 0 Å². The minimum absolute atomic E-state index is 0. The molecule has 0 fully saturated rings. The monoisotopic (exact) mass is 420 g/mol. The molecule has 0 spiro atoms. The summed E-state index contributed by atoms with van der Waals surface area (Å²) in [5.74, 6) is 0. The quantitative estimate of drug-likeness (QED) is 0.350. The van der Waals surface area contributed by atoms with E-state index in [0.717, 1.165) is 0 Å². The summed E-state index contributed by atoms with van der Waals surface area (Å²) < 4.78 is 0. The van der Waals surface area contributed by atoms with E-state index in [2.05, 4.69) is 0 Å². The van der Waals surface area contributed by atoms with Crippen molar-refractivity contribution < 1.29 is 34.1 Å². The molecule has 0 N–H and O–H groups in total. The van der Waals surface area contributed by atoms with Gasteiger partial charge in [-0.3, -0.25) is 0 Å². The van der Waals surface area contributed by atoms with Crippen molar-refractivity contribution in [2.75, 3.05) is 0 Å². The molecule has 50 valence electrons. The van der Waals surface area contributed by atoms with Crippen molar-refractivity contribution in [3.05, 3.63) is 0 Å². The van der Waals surface area contributed by atoms with E-state index >= 15 is 0 Å². The SMILES string of the molecule is P.P.[Fe+3].[Fe+3].[Se-2].[Se-2].[Se-2]. The van der Waals surface area contributed by atoms with E-state index in [-0.39, 0.29) is 105 Å². The molecule has 0 rings (SSSR count). The summed E-state index contributed by atoms with van der Waals surface area (Å²) >= 11 is 0. The van der Waals surface area contributed by atoms with Gasteiger partial charge in [-0.05, 0) is 0 Å². The second-order valence-electron chi connectivity index (χ2n) is 0. The Balaban J connectivity index is 0. The first-order chi connectivity index (χ1) is 0. The number of rotatable bonds is 0. The van der Waals surface area contributed by atoms with E-state index in [9.17, 15) is 0 Å². The molecule has 2 radical (unpaired) electrons. The summed E-state index contributed by atoms with van der Waals surface area (Å²) in [5, 5.41) is 0.